The van der Waals surface area contributed by atoms with Crippen LogP contribution in [-0.2, 0) is 4.74 Å². The Morgan fingerprint density at radius 3 is 2.53 bits per heavy atom. The fourth-order valence-electron chi connectivity index (χ4n) is 0.979. The third-order valence-corrected chi connectivity index (χ3v) is 2.11. The zero-order chi connectivity index (χ0) is 11.7. The topological polar surface area (TPSA) is 61.7 Å². The van der Waals surface area contributed by atoms with Gasteiger partial charge < -0.3 is 20.3 Å². The molecule has 0 aromatic carbocycles. The monoisotopic (exact) mass is 219 g/mol. The van der Waals surface area contributed by atoms with E-state index in [2.05, 4.69) is 19.2 Å². The van der Waals surface area contributed by atoms with Crippen molar-refractivity contribution in [3.8, 4) is 0 Å². The molecule has 1 unspecified atom stereocenters. The van der Waals surface area contributed by atoms with Crippen LogP contribution in [0.3, 0.4) is 0 Å². The lowest BCUT2D eigenvalue weighted by Crippen LogP contribution is -2.41. The van der Waals surface area contributed by atoms with Gasteiger partial charge in [0.05, 0.1) is 18.8 Å². The molecule has 0 saturated heterocycles. The van der Waals surface area contributed by atoms with E-state index in [0.717, 1.165) is 13.0 Å². The average Bonchev–Trinajstić information content (AvgIpc) is 2.16. The number of aliphatic hydroxyl groups is 2. The van der Waals surface area contributed by atoms with Gasteiger partial charge in [0.1, 0.15) is 0 Å². The fourth-order valence-corrected chi connectivity index (χ4v) is 0.979. The molecule has 4 heteroatoms. The number of hydrogen-bond donors (Lipinski definition) is 3. The third kappa shape index (κ3) is 10.1. The molecule has 0 radical (unpaired) electrons. The van der Waals surface area contributed by atoms with Gasteiger partial charge in [0, 0.05) is 19.7 Å². The van der Waals surface area contributed by atoms with Crippen LogP contribution >= 0.6 is 0 Å². The van der Waals surface area contributed by atoms with E-state index in [0.29, 0.717) is 25.6 Å². The molecule has 0 saturated carbocycles. The number of hydrogen-bond acceptors (Lipinski definition) is 4. The van der Waals surface area contributed by atoms with Gasteiger partial charge in [0.25, 0.3) is 0 Å². The SMILES string of the molecule is CC(C)CCOCCNCC(C)(O)CO. The molecule has 92 valence electrons. The molecule has 0 fully saturated rings. The molecule has 3 N–H and O–H groups in total. The van der Waals surface area contributed by atoms with E-state index >= 15 is 0 Å². The lowest BCUT2D eigenvalue weighted by Gasteiger charge is -2.20. The van der Waals surface area contributed by atoms with Gasteiger partial charge in [0.2, 0.25) is 0 Å². The highest BCUT2D eigenvalue weighted by molar-refractivity contribution is 4.73. The Hall–Kier alpha value is -0.160. The summed E-state index contributed by atoms with van der Waals surface area (Å²) in [5.74, 6) is 0.674. The molecule has 0 rings (SSSR count). The van der Waals surface area contributed by atoms with Gasteiger partial charge in [-0.25, -0.2) is 0 Å². The average molecular weight is 219 g/mol. The largest absolute Gasteiger partial charge is 0.393 e. The zero-order valence-corrected chi connectivity index (χ0v) is 10.1. The van der Waals surface area contributed by atoms with Crippen LogP contribution in [0, 0.1) is 5.92 Å². The summed E-state index contributed by atoms with van der Waals surface area (Å²) in [4.78, 5) is 0. The minimum atomic E-state index is -1.03. The predicted molar refractivity (Wildman–Crippen MR) is 60.9 cm³/mol. The summed E-state index contributed by atoms with van der Waals surface area (Å²) in [6, 6.07) is 0. The van der Waals surface area contributed by atoms with Crippen molar-refractivity contribution in [1.82, 2.24) is 5.32 Å². The molecular weight excluding hydrogens is 194 g/mol. The lowest BCUT2D eigenvalue weighted by atomic mass is 10.1. The highest BCUT2D eigenvalue weighted by atomic mass is 16.5. The van der Waals surface area contributed by atoms with Crippen LogP contribution in [-0.4, -0.2) is 48.7 Å². The van der Waals surface area contributed by atoms with Gasteiger partial charge in [-0.2, -0.15) is 0 Å². The number of nitrogens with one attached hydrogen (secondary N) is 1. The first-order valence-corrected chi connectivity index (χ1v) is 5.59. The summed E-state index contributed by atoms with van der Waals surface area (Å²) in [5.41, 5.74) is -1.03. The maximum Gasteiger partial charge on any atom is 0.0972 e. The van der Waals surface area contributed by atoms with Gasteiger partial charge in [-0.3, -0.25) is 0 Å². The van der Waals surface area contributed by atoms with Gasteiger partial charge in [-0.05, 0) is 19.3 Å². The molecule has 0 aromatic heterocycles. The molecule has 0 amide bonds. The quantitative estimate of drug-likeness (QED) is 0.491. The minimum Gasteiger partial charge on any atom is -0.393 e. The Labute approximate surface area is 92.6 Å². The van der Waals surface area contributed by atoms with Crippen LogP contribution in [0.15, 0.2) is 0 Å². The highest BCUT2D eigenvalue weighted by Crippen LogP contribution is 1.99. The van der Waals surface area contributed by atoms with E-state index < -0.39 is 5.60 Å². The first-order chi connectivity index (χ1) is 6.98. The highest BCUT2D eigenvalue weighted by Gasteiger charge is 2.17. The molecule has 4 nitrogen and oxygen atoms in total. The summed E-state index contributed by atoms with van der Waals surface area (Å²) in [6.45, 7) is 8.23. The summed E-state index contributed by atoms with van der Waals surface area (Å²) >= 11 is 0. The molecule has 0 bridgehead atoms. The maximum atomic E-state index is 9.45. The fraction of sp³-hybridized carbons (Fsp3) is 1.00. The van der Waals surface area contributed by atoms with Gasteiger partial charge in [-0.1, -0.05) is 13.8 Å². The predicted octanol–water partition coefficient (Wildman–Crippen LogP) is 0.382. The van der Waals surface area contributed by atoms with Crippen molar-refractivity contribution in [3.63, 3.8) is 0 Å². The lowest BCUT2D eigenvalue weighted by molar-refractivity contribution is 0.00136. The van der Waals surface area contributed by atoms with Crippen molar-refractivity contribution >= 4 is 0 Å². The molecule has 0 aromatic rings. The van der Waals surface area contributed by atoms with E-state index in [1.165, 1.54) is 0 Å². The Kier molecular flexibility index (Phi) is 7.96. The van der Waals surface area contributed by atoms with E-state index in [4.69, 9.17) is 9.84 Å². The van der Waals surface area contributed by atoms with Crippen molar-refractivity contribution in [2.75, 3.05) is 32.9 Å². The number of rotatable bonds is 9. The van der Waals surface area contributed by atoms with Crippen molar-refractivity contribution in [1.29, 1.82) is 0 Å². The Morgan fingerprint density at radius 2 is 2.00 bits per heavy atom. The smallest absolute Gasteiger partial charge is 0.0972 e. The zero-order valence-electron chi connectivity index (χ0n) is 10.1. The molecule has 0 heterocycles. The third-order valence-electron chi connectivity index (χ3n) is 2.11. The first kappa shape index (κ1) is 14.8. The second kappa shape index (κ2) is 8.05. The summed E-state index contributed by atoms with van der Waals surface area (Å²) in [6.07, 6.45) is 1.08. The molecule has 1 atom stereocenters. The Bertz CT molecular complexity index is 149. The molecule has 0 aliphatic rings. The van der Waals surface area contributed by atoms with E-state index in [9.17, 15) is 5.11 Å². The van der Waals surface area contributed by atoms with Gasteiger partial charge >= 0.3 is 0 Å². The van der Waals surface area contributed by atoms with Crippen LogP contribution in [0.1, 0.15) is 27.2 Å². The Balaban J connectivity index is 3.18. The van der Waals surface area contributed by atoms with Gasteiger partial charge in [-0.15, -0.1) is 0 Å². The van der Waals surface area contributed by atoms with Crippen molar-refractivity contribution in [3.05, 3.63) is 0 Å². The van der Waals surface area contributed by atoms with Crippen LogP contribution in [0.4, 0.5) is 0 Å². The number of aliphatic hydroxyl groups excluding tert-OH is 1. The molecular formula is C11H25NO3. The van der Waals surface area contributed by atoms with E-state index in [1.54, 1.807) is 6.92 Å². The van der Waals surface area contributed by atoms with Crippen molar-refractivity contribution < 1.29 is 14.9 Å². The standard InChI is InChI=1S/C11H25NO3/c1-10(2)4-6-15-7-5-12-8-11(3,14)9-13/h10,12-14H,4-9H2,1-3H3. The van der Waals surface area contributed by atoms with E-state index in [1.807, 2.05) is 0 Å². The van der Waals surface area contributed by atoms with E-state index in [-0.39, 0.29) is 6.61 Å². The van der Waals surface area contributed by atoms with Crippen molar-refractivity contribution in [2.45, 2.75) is 32.8 Å². The Morgan fingerprint density at radius 1 is 1.33 bits per heavy atom. The molecule has 0 spiro atoms. The second-order valence-electron chi connectivity index (χ2n) is 4.63. The van der Waals surface area contributed by atoms with Crippen LogP contribution in [0.2, 0.25) is 0 Å². The van der Waals surface area contributed by atoms with Crippen LogP contribution in [0.5, 0.6) is 0 Å². The second-order valence-corrected chi connectivity index (χ2v) is 4.63. The minimum absolute atomic E-state index is 0.228. The summed E-state index contributed by atoms with van der Waals surface area (Å²) in [7, 11) is 0. The van der Waals surface area contributed by atoms with Crippen LogP contribution in [0.25, 0.3) is 0 Å². The normalized spacial score (nSPS) is 15.6. The summed E-state index contributed by atoms with van der Waals surface area (Å²) in [5, 5.41) is 21.2. The first-order valence-electron chi connectivity index (χ1n) is 5.59. The number of ether oxygens (including phenoxy) is 1. The summed E-state index contributed by atoms with van der Waals surface area (Å²) < 4.78 is 5.39. The van der Waals surface area contributed by atoms with Crippen LogP contribution < -0.4 is 5.32 Å². The molecule has 15 heavy (non-hydrogen) atoms. The van der Waals surface area contributed by atoms with Gasteiger partial charge in [0.15, 0.2) is 0 Å². The maximum absolute atomic E-state index is 9.45. The molecule has 0 aliphatic heterocycles. The van der Waals surface area contributed by atoms with Crippen molar-refractivity contribution in [2.24, 2.45) is 5.92 Å². The molecule has 0 aliphatic carbocycles.